The number of nitrogens with zero attached hydrogens (tertiary/aromatic N) is 3. The van der Waals surface area contributed by atoms with Crippen LogP contribution in [-0.2, 0) is 4.74 Å². The summed E-state index contributed by atoms with van der Waals surface area (Å²) >= 11 is 0. The average molecular weight is 386 g/mol. The van der Waals surface area contributed by atoms with E-state index >= 15 is 0 Å². The van der Waals surface area contributed by atoms with Gasteiger partial charge in [0, 0.05) is 25.1 Å². The number of fused-ring (bicyclic) bond motifs is 3. The molecular weight excluding hydrogens is 363 g/mol. The van der Waals surface area contributed by atoms with Crippen LogP contribution in [0.3, 0.4) is 0 Å². The monoisotopic (exact) mass is 386 g/mol. The van der Waals surface area contributed by atoms with Crippen LogP contribution < -0.4 is 5.56 Å². The van der Waals surface area contributed by atoms with Crippen molar-refractivity contribution < 1.29 is 13.9 Å². The molecule has 8 heteroatoms. The van der Waals surface area contributed by atoms with E-state index in [0.717, 1.165) is 0 Å². The number of rotatable bonds is 1. The summed E-state index contributed by atoms with van der Waals surface area (Å²) in [4.78, 5) is 31.0. The molecule has 0 spiro atoms. The molecule has 1 aromatic carbocycles. The molecule has 0 atom stereocenters. The summed E-state index contributed by atoms with van der Waals surface area (Å²) in [5, 5.41) is 3.21. The van der Waals surface area contributed by atoms with Gasteiger partial charge >= 0.3 is 6.09 Å². The Morgan fingerprint density at radius 1 is 1.29 bits per heavy atom. The minimum absolute atomic E-state index is 0.0353. The van der Waals surface area contributed by atoms with Gasteiger partial charge in [0.15, 0.2) is 5.65 Å². The fourth-order valence-electron chi connectivity index (χ4n) is 3.63. The second-order valence-corrected chi connectivity index (χ2v) is 8.19. The van der Waals surface area contributed by atoms with Crippen LogP contribution in [0.25, 0.3) is 16.6 Å². The van der Waals surface area contributed by atoms with Crippen molar-refractivity contribution in [3.8, 4) is 0 Å². The standard InChI is InChI=1S/C20H23FN4O3/c1-20(2,3)28-19(27)24-9-7-12(8-10-24)15-11-16(26)25-18(22-15)17-13(21)5-4-6-14(17)23-25/h4-6,11-12,23H,7-10H2,1-3H3. The quantitative estimate of drug-likeness (QED) is 0.695. The molecule has 3 heterocycles. The summed E-state index contributed by atoms with van der Waals surface area (Å²) in [5.74, 6) is -0.381. The Balaban J connectivity index is 1.60. The average Bonchev–Trinajstić information content (AvgIpc) is 3.01. The van der Waals surface area contributed by atoms with E-state index in [1.807, 2.05) is 20.8 Å². The van der Waals surface area contributed by atoms with Crippen molar-refractivity contribution >= 4 is 22.6 Å². The molecule has 1 aliphatic heterocycles. The number of hydrogen-bond acceptors (Lipinski definition) is 4. The van der Waals surface area contributed by atoms with E-state index in [1.165, 1.54) is 16.6 Å². The molecule has 1 fully saturated rings. The van der Waals surface area contributed by atoms with E-state index in [4.69, 9.17) is 4.74 Å². The molecule has 4 rings (SSSR count). The molecule has 1 amide bonds. The lowest BCUT2D eigenvalue weighted by atomic mass is 9.93. The molecule has 7 nitrogen and oxygen atoms in total. The Hall–Kier alpha value is -2.90. The predicted molar refractivity (Wildman–Crippen MR) is 103 cm³/mol. The van der Waals surface area contributed by atoms with Gasteiger partial charge in [-0.15, -0.1) is 0 Å². The van der Waals surface area contributed by atoms with Gasteiger partial charge in [-0.05, 0) is 45.7 Å². The van der Waals surface area contributed by atoms with Crippen LogP contribution in [0.15, 0.2) is 29.1 Å². The first-order valence-electron chi connectivity index (χ1n) is 9.41. The van der Waals surface area contributed by atoms with Crippen molar-refractivity contribution in [3.05, 3.63) is 46.1 Å². The smallest absolute Gasteiger partial charge is 0.410 e. The molecule has 1 N–H and O–H groups in total. The third-order valence-corrected chi connectivity index (χ3v) is 4.97. The number of carbonyl (C=O) groups excluding carboxylic acids is 1. The molecule has 2 aromatic heterocycles. The van der Waals surface area contributed by atoms with Crippen LogP contribution in [0.2, 0.25) is 0 Å². The lowest BCUT2D eigenvalue weighted by Crippen LogP contribution is -2.41. The topological polar surface area (TPSA) is 79.7 Å². The van der Waals surface area contributed by atoms with E-state index in [9.17, 15) is 14.0 Å². The molecule has 0 saturated carbocycles. The van der Waals surface area contributed by atoms with Crippen molar-refractivity contribution in [3.63, 3.8) is 0 Å². The maximum absolute atomic E-state index is 14.3. The highest BCUT2D eigenvalue weighted by molar-refractivity contribution is 5.92. The zero-order valence-electron chi connectivity index (χ0n) is 16.2. The molecule has 1 aliphatic rings. The van der Waals surface area contributed by atoms with Gasteiger partial charge in [0.25, 0.3) is 5.56 Å². The van der Waals surface area contributed by atoms with Crippen molar-refractivity contribution in [2.45, 2.75) is 45.1 Å². The first-order valence-corrected chi connectivity index (χ1v) is 9.41. The van der Waals surface area contributed by atoms with Gasteiger partial charge in [-0.2, -0.15) is 0 Å². The third-order valence-electron chi connectivity index (χ3n) is 4.97. The largest absolute Gasteiger partial charge is 0.444 e. The van der Waals surface area contributed by atoms with Gasteiger partial charge in [0.1, 0.15) is 11.4 Å². The number of amides is 1. The lowest BCUT2D eigenvalue weighted by Gasteiger charge is -2.33. The van der Waals surface area contributed by atoms with Gasteiger partial charge in [0.05, 0.1) is 16.6 Å². The number of halogens is 1. The molecule has 1 saturated heterocycles. The van der Waals surface area contributed by atoms with E-state index in [2.05, 4.69) is 10.1 Å². The van der Waals surface area contributed by atoms with Crippen molar-refractivity contribution in [2.75, 3.05) is 13.1 Å². The first kappa shape index (κ1) is 18.5. The number of aromatic amines is 1. The number of piperidine rings is 1. The molecular formula is C20H23FN4O3. The number of aromatic nitrogens is 3. The molecule has 0 bridgehead atoms. The fraction of sp³-hybridized carbons (Fsp3) is 0.450. The van der Waals surface area contributed by atoms with Crippen LogP contribution in [0, 0.1) is 5.82 Å². The number of hydrogen-bond donors (Lipinski definition) is 1. The van der Waals surface area contributed by atoms with Gasteiger partial charge < -0.3 is 9.64 Å². The molecule has 0 radical (unpaired) electrons. The molecule has 0 unspecified atom stereocenters. The Morgan fingerprint density at radius 3 is 2.68 bits per heavy atom. The van der Waals surface area contributed by atoms with Crippen LogP contribution in [0.4, 0.5) is 9.18 Å². The molecule has 148 valence electrons. The van der Waals surface area contributed by atoms with Crippen LogP contribution in [-0.4, -0.2) is 44.3 Å². The van der Waals surface area contributed by atoms with Crippen LogP contribution in [0.1, 0.15) is 45.2 Å². The minimum atomic E-state index is -0.533. The van der Waals surface area contributed by atoms with Crippen molar-refractivity contribution in [1.82, 2.24) is 19.5 Å². The Labute approximate surface area is 161 Å². The molecule has 28 heavy (non-hydrogen) atoms. The minimum Gasteiger partial charge on any atom is -0.444 e. The Morgan fingerprint density at radius 2 is 2.00 bits per heavy atom. The van der Waals surface area contributed by atoms with Crippen molar-refractivity contribution in [2.24, 2.45) is 0 Å². The highest BCUT2D eigenvalue weighted by Crippen LogP contribution is 2.28. The first-order chi connectivity index (χ1) is 13.2. The summed E-state index contributed by atoms with van der Waals surface area (Å²) in [6.07, 6.45) is 1.02. The third kappa shape index (κ3) is 3.34. The number of ether oxygens (including phenoxy) is 1. The number of benzene rings is 1. The summed E-state index contributed by atoms with van der Waals surface area (Å²) < 4.78 is 21.0. The van der Waals surface area contributed by atoms with Gasteiger partial charge in [-0.3, -0.25) is 9.89 Å². The SMILES string of the molecule is CC(C)(C)OC(=O)N1CCC(c2cc(=O)n3[nH]c4cccc(F)c4c3n2)CC1. The maximum Gasteiger partial charge on any atom is 0.410 e. The van der Waals surface area contributed by atoms with E-state index in [-0.39, 0.29) is 17.6 Å². The number of nitrogens with one attached hydrogen (secondary N) is 1. The van der Waals surface area contributed by atoms with Gasteiger partial charge in [-0.1, -0.05) is 6.07 Å². The normalized spacial score (nSPS) is 16.1. The summed E-state index contributed by atoms with van der Waals surface area (Å²) in [7, 11) is 0. The second kappa shape index (κ2) is 6.61. The van der Waals surface area contributed by atoms with E-state index < -0.39 is 11.4 Å². The molecule has 3 aromatic rings. The van der Waals surface area contributed by atoms with Gasteiger partial charge in [0.2, 0.25) is 0 Å². The summed E-state index contributed by atoms with van der Waals surface area (Å²) in [6, 6.07) is 6.15. The fourth-order valence-corrected chi connectivity index (χ4v) is 3.63. The number of likely N-dealkylation sites (tertiary alicyclic amines) is 1. The predicted octanol–water partition coefficient (Wildman–Crippen LogP) is 3.43. The van der Waals surface area contributed by atoms with E-state index in [1.54, 1.807) is 17.0 Å². The van der Waals surface area contributed by atoms with Crippen LogP contribution >= 0.6 is 0 Å². The second-order valence-electron chi connectivity index (χ2n) is 8.19. The summed E-state index contributed by atoms with van der Waals surface area (Å²) in [6.45, 7) is 6.57. The van der Waals surface area contributed by atoms with Gasteiger partial charge in [-0.25, -0.2) is 18.7 Å². The highest BCUT2D eigenvalue weighted by atomic mass is 19.1. The maximum atomic E-state index is 14.3. The number of carbonyl (C=O) groups is 1. The number of H-pyrrole nitrogens is 1. The molecule has 0 aliphatic carbocycles. The van der Waals surface area contributed by atoms with Crippen LogP contribution in [0.5, 0.6) is 0 Å². The Kier molecular flexibility index (Phi) is 4.36. The zero-order chi connectivity index (χ0) is 20.1. The lowest BCUT2D eigenvalue weighted by molar-refractivity contribution is 0.0204. The highest BCUT2D eigenvalue weighted by Gasteiger charge is 2.28. The van der Waals surface area contributed by atoms with Crippen molar-refractivity contribution in [1.29, 1.82) is 0 Å². The van der Waals surface area contributed by atoms with E-state index in [0.29, 0.717) is 48.2 Å². The Bertz CT molecular complexity index is 1100. The zero-order valence-corrected chi connectivity index (χ0v) is 16.2. The summed E-state index contributed by atoms with van der Waals surface area (Å²) in [5.41, 5.74) is 0.657.